The predicted octanol–water partition coefficient (Wildman–Crippen LogP) is 1.85. The minimum absolute atomic E-state index is 0.158. The van der Waals surface area contributed by atoms with Crippen molar-refractivity contribution in [1.82, 2.24) is 4.98 Å². The first kappa shape index (κ1) is 11.3. The fourth-order valence-corrected chi connectivity index (χ4v) is 1.28. The third-order valence-corrected chi connectivity index (χ3v) is 2.08. The summed E-state index contributed by atoms with van der Waals surface area (Å²) in [6, 6.07) is 1.26. The Morgan fingerprint density at radius 3 is 2.80 bits per heavy atom. The minimum Gasteiger partial charge on any atom is -0.478 e. The number of carboxylic acids is 1. The highest BCUT2D eigenvalue weighted by Gasteiger charge is 2.08. The Labute approximate surface area is 92.5 Å². The van der Waals surface area contributed by atoms with Crippen LogP contribution in [0.1, 0.15) is 5.69 Å². The Balaban J connectivity index is 3.03. The number of halogens is 1. The fraction of sp³-hybridized carbons (Fsp3) is 0. The van der Waals surface area contributed by atoms with Gasteiger partial charge in [0.25, 0.3) is 5.69 Å². The van der Waals surface area contributed by atoms with Crippen LogP contribution in [-0.2, 0) is 4.79 Å². The largest absolute Gasteiger partial charge is 0.478 e. The van der Waals surface area contributed by atoms with Gasteiger partial charge in [0.1, 0.15) is 6.20 Å². The molecule has 0 amide bonds. The van der Waals surface area contributed by atoms with Crippen LogP contribution >= 0.6 is 15.9 Å². The predicted molar refractivity (Wildman–Crippen MR) is 55.3 cm³/mol. The van der Waals surface area contributed by atoms with Gasteiger partial charge in [-0.15, -0.1) is 0 Å². The Morgan fingerprint density at radius 2 is 2.33 bits per heavy atom. The molecule has 1 N–H and O–H groups in total. The smallest absolute Gasteiger partial charge is 0.328 e. The van der Waals surface area contributed by atoms with Crippen LogP contribution in [0.4, 0.5) is 5.69 Å². The Hall–Kier alpha value is -1.76. The molecule has 0 radical (unpaired) electrons. The van der Waals surface area contributed by atoms with Gasteiger partial charge in [0.05, 0.1) is 15.1 Å². The molecule has 0 fully saturated rings. The van der Waals surface area contributed by atoms with Gasteiger partial charge >= 0.3 is 5.97 Å². The van der Waals surface area contributed by atoms with E-state index >= 15 is 0 Å². The van der Waals surface area contributed by atoms with E-state index in [4.69, 9.17) is 5.11 Å². The van der Waals surface area contributed by atoms with Gasteiger partial charge in [-0.25, -0.2) is 9.78 Å². The third kappa shape index (κ3) is 3.13. The van der Waals surface area contributed by atoms with Crippen molar-refractivity contribution in [2.45, 2.75) is 0 Å². The monoisotopic (exact) mass is 272 g/mol. The first-order chi connectivity index (χ1) is 7.00. The number of nitrogens with zero attached hydrogens (tertiary/aromatic N) is 2. The van der Waals surface area contributed by atoms with E-state index in [0.29, 0.717) is 10.2 Å². The van der Waals surface area contributed by atoms with E-state index in [0.717, 1.165) is 12.3 Å². The molecule has 0 aromatic carbocycles. The van der Waals surface area contributed by atoms with Gasteiger partial charge in [0.2, 0.25) is 0 Å². The number of nitro groups is 1. The molecule has 1 heterocycles. The normalized spacial score (nSPS) is 10.5. The van der Waals surface area contributed by atoms with Crippen molar-refractivity contribution < 1.29 is 14.8 Å². The first-order valence-corrected chi connectivity index (χ1v) is 4.51. The van der Waals surface area contributed by atoms with Gasteiger partial charge in [-0.2, -0.15) is 0 Å². The molecule has 0 bridgehead atoms. The average Bonchev–Trinajstić information content (AvgIpc) is 2.15. The number of rotatable bonds is 3. The van der Waals surface area contributed by atoms with Crippen LogP contribution in [0, 0.1) is 10.1 Å². The number of aliphatic carboxylic acids is 1. The van der Waals surface area contributed by atoms with E-state index in [1.54, 1.807) is 0 Å². The molecule has 0 atom stereocenters. The van der Waals surface area contributed by atoms with Crippen molar-refractivity contribution in [3.05, 3.63) is 38.6 Å². The fourth-order valence-electron chi connectivity index (χ4n) is 0.811. The molecule has 0 unspecified atom stereocenters. The van der Waals surface area contributed by atoms with E-state index in [9.17, 15) is 14.9 Å². The molecule has 78 valence electrons. The maximum absolute atomic E-state index is 10.4. The average molecular weight is 273 g/mol. The van der Waals surface area contributed by atoms with Crippen LogP contribution in [0.25, 0.3) is 6.08 Å². The van der Waals surface area contributed by atoms with E-state index in [1.165, 1.54) is 12.1 Å². The topological polar surface area (TPSA) is 93.3 Å². The maximum Gasteiger partial charge on any atom is 0.328 e. The van der Waals surface area contributed by atoms with Gasteiger partial charge in [0, 0.05) is 12.1 Å². The molecule has 6 nitrogen and oxygen atoms in total. The summed E-state index contributed by atoms with van der Waals surface area (Å²) in [5.41, 5.74) is 0.164. The number of aromatic nitrogens is 1. The zero-order valence-corrected chi connectivity index (χ0v) is 8.84. The summed E-state index contributed by atoms with van der Waals surface area (Å²) in [7, 11) is 0. The van der Waals surface area contributed by atoms with Crippen LogP contribution in [0.15, 0.2) is 22.8 Å². The van der Waals surface area contributed by atoms with Gasteiger partial charge in [-0.05, 0) is 22.0 Å². The number of pyridine rings is 1. The van der Waals surface area contributed by atoms with E-state index in [-0.39, 0.29) is 5.69 Å². The summed E-state index contributed by atoms with van der Waals surface area (Å²) in [5, 5.41) is 18.7. The molecule has 1 rings (SSSR count). The molecule has 0 aliphatic rings. The van der Waals surface area contributed by atoms with Crippen LogP contribution < -0.4 is 0 Å². The lowest BCUT2D eigenvalue weighted by atomic mass is 10.3. The minimum atomic E-state index is -1.11. The Bertz CT molecular complexity index is 444. The second-order valence-corrected chi connectivity index (χ2v) is 3.34. The summed E-state index contributed by atoms with van der Waals surface area (Å²) in [6.07, 6.45) is 3.21. The molecule has 1 aromatic heterocycles. The second-order valence-electron chi connectivity index (χ2n) is 2.49. The number of hydrogen-bond donors (Lipinski definition) is 1. The zero-order chi connectivity index (χ0) is 11.4. The van der Waals surface area contributed by atoms with Crippen LogP contribution in [0.2, 0.25) is 0 Å². The molecule has 7 heteroatoms. The first-order valence-electron chi connectivity index (χ1n) is 3.71. The maximum atomic E-state index is 10.4. The second kappa shape index (κ2) is 4.65. The molecule has 0 aliphatic carbocycles. The van der Waals surface area contributed by atoms with Gasteiger partial charge in [-0.3, -0.25) is 10.1 Å². The van der Waals surface area contributed by atoms with Gasteiger partial charge in [-0.1, -0.05) is 0 Å². The summed E-state index contributed by atoms with van der Waals surface area (Å²) in [4.78, 5) is 23.7. The quantitative estimate of drug-likeness (QED) is 0.515. The summed E-state index contributed by atoms with van der Waals surface area (Å²) in [5.74, 6) is -1.11. The molecule has 15 heavy (non-hydrogen) atoms. The van der Waals surface area contributed by atoms with Crippen molar-refractivity contribution in [3.63, 3.8) is 0 Å². The van der Waals surface area contributed by atoms with E-state index in [1.807, 2.05) is 0 Å². The van der Waals surface area contributed by atoms with E-state index in [2.05, 4.69) is 20.9 Å². The molecule has 0 saturated heterocycles. The number of carboxylic acid groups (broad SMARTS) is 1. The summed E-state index contributed by atoms with van der Waals surface area (Å²) < 4.78 is 0.370. The third-order valence-electron chi connectivity index (χ3n) is 1.45. The molecule has 0 aliphatic heterocycles. The highest BCUT2D eigenvalue weighted by Crippen LogP contribution is 2.21. The van der Waals surface area contributed by atoms with Crippen LogP contribution in [0.5, 0.6) is 0 Å². The lowest BCUT2D eigenvalue weighted by molar-refractivity contribution is -0.385. The molecule has 0 saturated carbocycles. The molecular formula is C8H5BrN2O4. The van der Waals surface area contributed by atoms with Crippen molar-refractivity contribution in [3.8, 4) is 0 Å². The van der Waals surface area contributed by atoms with E-state index < -0.39 is 10.9 Å². The summed E-state index contributed by atoms with van der Waals surface area (Å²) in [6.45, 7) is 0. The summed E-state index contributed by atoms with van der Waals surface area (Å²) >= 11 is 3.05. The van der Waals surface area contributed by atoms with Gasteiger partial charge in [0.15, 0.2) is 0 Å². The van der Waals surface area contributed by atoms with Crippen molar-refractivity contribution in [2.24, 2.45) is 0 Å². The van der Waals surface area contributed by atoms with Crippen molar-refractivity contribution >= 4 is 33.7 Å². The Morgan fingerprint density at radius 1 is 1.67 bits per heavy atom. The molecule has 0 spiro atoms. The Kier molecular flexibility index (Phi) is 3.51. The number of hydrogen-bond acceptors (Lipinski definition) is 4. The number of carbonyl (C=O) groups is 1. The van der Waals surface area contributed by atoms with Crippen molar-refractivity contribution in [2.75, 3.05) is 0 Å². The van der Waals surface area contributed by atoms with Crippen LogP contribution in [0.3, 0.4) is 0 Å². The van der Waals surface area contributed by atoms with Crippen molar-refractivity contribution in [1.29, 1.82) is 0 Å². The van der Waals surface area contributed by atoms with Crippen LogP contribution in [-0.4, -0.2) is 21.0 Å². The SMILES string of the molecule is O=C(O)/C=C/c1ncc([N+](=O)[O-])cc1Br. The molecular weight excluding hydrogens is 268 g/mol. The highest BCUT2D eigenvalue weighted by atomic mass is 79.9. The van der Waals surface area contributed by atoms with Gasteiger partial charge < -0.3 is 5.11 Å². The lowest BCUT2D eigenvalue weighted by Crippen LogP contribution is -1.92. The zero-order valence-electron chi connectivity index (χ0n) is 7.25. The standard InChI is InChI=1S/C8H5BrN2O4/c9-6-3-5(11(14)15)4-10-7(6)1-2-8(12)13/h1-4H,(H,12,13)/b2-1+. The lowest BCUT2D eigenvalue weighted by Gasteiger charge is -1.96. The molecule has 1 aromatic rings. The highest BCUT2D eigenvalue weighted by molar-refractivity contribution is 9.10.